The summed E-state index contributed by atoms with van der Waals surface area (Å²) in [6.07, 6.45) is -3.60. The number of ether oxygens (including phenoxy) is 3. The molecule has 2 unspecified atom stereocenters. The van der Waals surface area contributed by atoms with Gasteiger partial charge in [0.1, 0.15) is 13.2 Å². The van der Waals surface area contributed by atoms with E-state index >= 15 is 0 Å². The molecule has 4 aliphatic carbocycles. The third-order valence-corrected chi connectivity index (χ3v) is 6.80. The van der Waals surface area contributed by atoms with Crippen molar-refractivity contribution in [1.82, 2.24) is 0 Å². The average molecular weight is 488 g/mol. The lowest BCUT2D eigenvalue weighted by atomic mass is 9.75. The van der Waals surface area contributed by atoms with Gasteiger partial charge in [-0.15, -0.1) is 0 Å². The smallest absolute Gasteiger partial charge is 0.462 e. The molecule has 0 N–H and O–H groups in total. The van der Waals surface area contributed by atoms with Crippen molar-refractivity contribution in [1.29, 1.82) is 0 Å². The van der Waals surface area contributed by atoms with Crippen molar-refractivity contribution in [3.8, 4) is 0 Å². The lowest BCUT2D eigenvalue weighted by molar-refractivity contribution is -0.381. The Bertz CT molecular complexity index is 807. The molecule has 2 atom stereocenters. The highest BCUT2D eigenvalue weighted by atomic mass is 19.3. The molecule has 0 amide bonds. The Kier molecular flexibility index (Phi) is 6.24. The number of alkyl halides is 6. The molecule has 33 heavy (non-hydrogen) atoms. The molecule has 4 aliphatic rings. The number of rotatable bonds is 8. The van der Waals surface area contributed by atoms with E-state index < -0.39 is 59.9 Å². The van der Waals surface area contributed by atoms with E-state index in [0.717, 1.165) is 6.42 Å². The van der Waals surface area contributed by atoms with E-state index in [-0.39, 0.29) is 30.6 Å². The fourth-order valence-electron chi connectivity index (χ4n) is 5.30. The molecule has 4 bridgehead atoms. The second kappa shape index (κ2) is 8.04. The predicted octanol–water partition coefficient (Wildman–Crippen LogP) is 4.35. The average Bonchev–Trinajstić information content (AvgIpc) is 3.08. The molecule has 4 fully saturated rings. The maximum absolute atomic E-state index is 14.2. The van der Waals surface area contributed by atoms with Crippen LogP contribution >= 0.6 is 0 Å². The zero-order valence-electron chi connectivity index (χ0n) is 18.4. The first kappa shape index (κ1) is 25.6. The zero-order chi connectivity index (χ0) is 25.0. The third-order valence-electron chi connectivity index (χ3n) is 6.80. The van der Waals surface area contributed by atoms with E-state index in [0.29, 0.717) is 12.8 Å². The third kappa shape index (κ3) is 4.29. The maximum Gasteiger partial charge on any atom is 0.473 e. The van der Waals surface area contributed by atoms with Crippen LogP contribution in [0.3, 0.4) is 0 Å². The van der Waals surface area contributed by atoms with Gasteiger partial charge in [0.25, 0.3) is 0 Å². The molecule has 0 aromatic rings. The van der Waals surface area contributed by atoms with Crippen LogP contribution in [0.5, 0.6) is 0 Å². The van der Waals surface area contributed by atoms with Gasteiger partial charge in [0.05, 0.1) is 10.8 Å². The molecule has 0 aliphatic heterocycles. The van der Waals surface area contributed by atoms with Crippen LogP contribution in [0.15, 0.2) is 0 Å². The summed E-state index contributed by atoms with van der Waals surface area (Å²) in [7, 11) is 0. The minimum Gasteiger partial charge on any atom is -0.462 e. The van der Waals surface area contributed by atoms with Crippen LogP contribution in [0.1, 0.15) is 52.9 Å². The SMILES string of the molecule is CC(C)(C)C(=O)OCCOC(=O)C(F)(F)C(F)(F)C(F)(F)OC(=O)C12CC3CC(CC1C3)C2. The first-order chi connectivity index (χ1) is 14.9. The highest BCUT2D eigenvalue weighted by Gasteiger charge is 2.79. The number of hydrogen-bond donors (Lipinski definition) is 0. The van der Waals surface area contributed by atoms with Crippen molar-refractivity contribution in [3.63, 3.8) is 0 Å². The molecule has 4 rings (SSSR count). The van der Waals surface area contributed by atoms with Gasteiger partial charge in [-0.2, -0.15) is 26.3 Å². The highest BCUT2D eigenvalue weighted by Crippen LogP contribution is 2.66. The molecular formula is C21H26F6O6. The van der Waals surface area contributed by atoms with Gasteiger partial charge in [0.2, 0.25) is 0 Å². The number of halogens is 6. The monoisotopic (exact) mass is 488 g/mol. The van der Waals surface area contributed by atoms with E-state index in [1.807, 2.05) is 0 Å². The Balaban J connectivity index is 1.62. The van der Waals surface area contributed by atoms with Crippen LogP contribution in [0, 0.1) is 28.6 Å². The molecule has 0 spiro atoms. The van der Waals surface area contributed by atoms with Gasteiger partial charge in [-0.3, -0.25) is 9.59 Å². The van der Waals surface area contributed by atoms with Gasteiger partial charge in [0, 0.05) is 0 Å². The number of carbonyl (C=O) groups excluding carboxylic acids is 3. The summed E-state index contributed by atoms with van der Waals surface area (Å²) < 4.78 is 97.0. The van der Waals surface area contributed by atoms with Gasteiger partial charge in [-0.25, -0.2) is 4.79 Å². The fraction of sp³-hybridized carbons (Fsp3) is 0.857. The Morgan fingerprint density at radius 3 is 1.79 bits per heavy atom. The summed E-state index contributed by atoms with van der Waals surface area (Å²) in [5.74, 6) is -17.9. The van der Waals surface area contributed by atoms with Crippen LogP contribution in [-0.4, -0.2) is 49.1 Å². The Labute approximate surface area is 186 Å². The van der Waals surface area contributed by atoms with Crippen LogP contribution in [0.25, 0.3) is 0 Å². The normalized spacial score (nSPS) is 29.2. The molecule has 188 valence electrons. The van der Waals surface area contributed by atoms with Gasteiger partial charge in [-0.1, -0.05) is 0 Å². The molecule has 12 heteroatoms. The van der Waals surface area contributed by atoms with Gasteiger partial charge >= 0.3 is 35.9 Å². The van der Waals surface area contributed by atoms with Crippen molar-refractivity contribution in [2.75, 3.05) is 13.2 Å². The summed E-state index contributed by atoms with van der Waals surface area (Å²) >= 11 is 0. The van der Waals surface area contributed by atoms with Gasteiger partial charge < -0.3 is 14.2 Å². The molecule has 4 saturated carbocycles. The second-order valence-corrected chi connectivity index (χ2v) is 10.3. The Hall–Kier alpha value is -2.01. The Morgan fingerprint density at radius 1 is 0.818 bits per heavy atom. The van der Waals surface area contributed by atoms with Crippen molar-refractivity contribution in [3.05, 3.63) is 0 Å². The van der Waals surface area contributed by atoms with E-state index in [2.05, 4.69) is 14.2 Å². The van der Waals surface area contributed by atoms with Crippen LogP contribution in [-0.2, 0) is 28.6 Å². The van der Waals surface area contributed by atoms with Crippen molar-refractivity contribution in [2.24, 2.45) is 28.6 Å². The first-order valence-electron chi connectivity index (χ1n) is 10.7. The minimum absolute atomic E-state index is 0.0907. The van der Waals surface area contributed by atoms with Crippen molar-refractivity contribution >= 4 is 17.9 Å². The van der Waals surface area contributed by atoms with E-state index in [9.17, 15) is 40.7 Å². The van der Waals surface area contributed by atoms with Gasteiger partial charge in [-0.05, 0) is 70.6 Å². The van der Waals surface area contributed by atoms with E-state index in [1.165, 1.54) is 20.8 Å². The first-order valence-corrected chi connectivity index (χ1v) is 10.7. The largest absolute Gasteiger partial charge is 0.473 e. The summed E-state index contributed by atoms with van der Waals surface area (Å²) in [6, 6.07) is 0. The van der Waals surface area contributed by atoms with Crippen molar-refractivity contribution < 1.29 is 54.9 Å². The summed E-state index contributed by atoms with van der Waals surface area (Å²) in [6.45, 7) is 2.61. The number of hydrogen-bond acceptors (Lipinski definition) is 6. The second-order valence-electron chi connectivity index (χ2n) is 10.3. The fourth-order valence-corrected chi connectivity index (χ4v) is 5.30. The maximum atomic E-state index is 14.2. The molecule has 0 saturated heterocycles. The standard InChI is InChI=1S/C21H26F6O6/c1-17(2,3)14(28)31-4-5-32-16(30)19(22,23)20(24,25)21(26,27)33-15(29)18-9-11-6-12(10-18)8-13(18)7-11/h11-13H,4-10H2,1-3H3. The summed E-state index contributed by atoms with van der Waals surface area (Å²) in [5.41, 5.74) is -2.34. The van der Waals surface area contributed by atoms with Crippen LogP contribution in [0.2, 0.25) is 0 Å². The number of carbonyl (C=O) groups is 3. The summed E-state index contributed by atoms with van der Waals surface area (Å²) in [4.78, 5) is 35.5. The van der Waals surface area contributed by atoms with Crippen LogP contribution in [0.4, 0.5) is 26.3 Å². The predicted molar refractivity (Wildman–Crippen MR) is 98.3 cm³/mol. The molecular weight excluding hydrogens is 462 g/mol. The minimum atomic E-state index is -6.37. The zero-order valence-corrected chi connectivity index (χ0v) is 18.4. The van der Waals surface area contributed by atoms with Crippen LogP contribution < -0.4 is 0 Å². The Morgan fingerprint density at radius 2 is 1.30 bits per heavy atom. The molecule has 0 aromatic heterocycles. The topological polar surface area (TPSA) is 78.9 Å². The molecule has 6 nitrogen and oxygen atoms in total. The van der Waals surface area contributed by atoms with Gasteiger partial charge in [0.15, 0.2) is 0 Å². The molecule has 0 radical (unpaired) electrons. The van der Waals surface area contributed by atoms with E-state index in [1.54, 1.807) is 0 Å². The van der Waals surface area contributed by atoms with Crippen molar-refractivity contribution in [2.45, 2.75) is 70.8 Å². The van der Waals surface area contributed by atoms with E-state index in [4.69, 9.17) is 0 Å². The highest BCUT2D eigenvalue weighted by molar-refractivity contribution is 5.81. The number of esters is 3. The lowest BCUT2D eigenvalue weighted by Gasteiger charge is -2.35. The summed E-state index contributed by atoms with van der Waals surface area (Å²) in [5, 5.41) is 0. The molecule has 0 aromatic carbocycles. The molecule has 0 heterocycles. The quantitative estimate of drug-likeness (QED) is 0.219. The lowest BCUT2D eigenvalue weighted by Crippen LogP contribution is -2.60.